The van der Waals surface area contributed by atoms with Gasteiger partial charge in [-0.3, -0.25) is 4.99 Å². The molecule has 2 aliphatic rings. The standard InChI is InChI=1S/C16H31N3O3.HI/c1-17-16(19(2)8-11-21-12-14-5-6-14)18-7-10-20-13-15-4-3-9-22-15;/h14-15H,3-13H2,1-2H3,(H,17,18);1H. The molecule has 0 amide bonds. The predicted molar refractivity (Wildman–Crippen MR) is 103 cm³/mol. The number of ether oxygens (including phenoxy) is 3. The molecule has 23 heavy (non-hydrogen) atoms. The summed E-state index contributed by atoms with van der Waals surface area (Å²) in [6, 6.07) is 0. The molecule has 1 saturated carbocycles. The fraction of sp³-hybridized carbons (Fsp3) is 0.938. The lowest BCUT2D eigenvalue weighted by molar-refractivity contribution is 0.0190. The highest BCUT2D eigenvalue weighted by Crippen LogP contribution is 2.28. The van der Waals surface area contributed by atoms with Gasteiger partial charge in [0.1, 0.15) is 0 Å². The molecule has 0 aromatic rings. The van der Waals surface area contributed by atoms with Gasteiger partial charge in [-0.05, 0) is 31.6 Å². The van der Waals surface area contributed by atoms with Gasteiger partial charge < -0.3 is 24.4 Å². The van der Waals surface area contributed by atoms with Gasteiger partial charge in [0.15, 0.2) is 5.96 Å². The van der Waals surface area contributed by atoms with Crippen LogP contribution in [0.15, 0.2) is 4.99 Å². The largest absolute Gasteiger partial charge is 0.379 e. The van der Waals surface area contributed by atoms with E-state index in [4.69, 9.17) is 14.2 Å². The van der Waals surface area contributed by atoms with Crippen molar-refractivity contribution in [2.45, 2.75) is 31.8 Å². The van der Waals surface area contributed by atoms with Crippen LogP contribution in [0.4, 0.5) is 0 Å². The molecular weight excluding hydrogens is 409 g/mol. The Morgan fingerprint density at radius 2 is 2.00 bits per heavy atom. The van der Waals surface area contributed by atoms with Crippen molar-refractivity contribution in [2.75, 3.05) is 60.2 Å². The number of nitrogens with one attached hydrogen (secondary N) is 1. The van der Waals surface area contributed by atoms with E-state index in [1.165, 1.54) is 12.8 Å². The molecule has 1 aliphatic heterocycles. The van der Waals surface area contributed by atoms with E-state index >= 15 is 0 Å². The summed E-state index contributed by atoms with van der Waals surface area (Å²) in [6.45, 7) is 5.53. The third-order valence-electron chi connectivity index (χ3n) is 4.05. The molecule has 136 valence electrons. The number of hydrogen-bond acceptors (Lipinski definition) is 4. The van der Waals surface area contributed by atoms with Crippen molar-refractivity contribution in [3.05, 3.63) is 0 Å². The van der Waals surface area contributed by atoms with E-state index in [0.717, 1.165) is 57.6 Å². The molecule has 0 radical (unpaired) electrons. The molecule has 0 aromatic carbocycles. The second-order valence-electron chi connectivity index (χ2n) is 6.12. The summed E-state index contributed by atoms with van der Waals surface area (Å²) in [5.41, 5.74) is 0. The molecule has 0 bridgehead atoms. The first-order valence-electron chi connectivity index (χ1n) is 8.48. The maximum Gasteiger partial charge on any atom is 0.193 e. The van der Waals surface area contributed by atoms with Crippen molar-refractivity contribution < 1.29 is 14.2 Å². The molecule has 1 unspecified atom stereocenters. The summed E-state index contributed by atoms with van der Waals surface area (Å²) in [7, 11) is 3.83. The van der Waals surface area contributed by atoms with Crippen molar-refractivity contribution in [1.82, 2.24) is 10.2 Å². The van der Waals surface area contributed by atoms with Gasteiger partial charge in [0.05, 0.1) is 25.9 Å². The van der Waals surface area contributed by atoms with Crippen molar-refractivity contribution in [2.24, 2.45) is 10.9 Å². The Balaban J connectivity index is 0.00000264. The van der Waals surface area contributed by atoms with E-state index < -0.39 is 0 Å². The number of nitrogens with zero attached hydrogens (tertiary/aromatic N) is 2. The second kappa shape index (κ2) is 12.3. The molecular formula is C16H32IN3O3. The fourth-order valence-electron chi connectivity index (χ4n) is 2.45. The van der Waals surface area contributed by atoms with Gasteiger partial charge in [-0.15, -0.1) is 24.0 Å². The maximum atomic E-state index is 5.66. The molecule has 0 spiro atoms. The van der Waals surface area contributed by atoms with Crippen LogP contribution in [0.2, 0.25) is 0 Å². The average molecular weight is 441 g/mol. The zero-order valence-electron chi connectivity index (χ0n) is 14.5. The monoisotopic (exact) mass is 441 g/mol. The summed E-state index contributed by atoms with van der Waals surface area (Å²) in [5, 5.41) is 3.31. The van der Waals surface area contributed by atoms with Crippen LogP contribution in [0.25, 0.3) is 0 Å². The van der Waals surface area contributed by atoms with Crippen LogP contribution in [-0.2, 0) is 14.2 Å². The van der Waals surface area contributed by atoms with Gasteiger partial charge in [-0.1, -0.05) is 0 Å². The van der Waals surface area contributed by atoms with Crippen LogP contribution < -0.4 is 5.32 Å². The lowest BCUT2D eigenvalue weighted by Gasteiger charge is -2.22. The number of guanidine groups is 1. The first-order chi connectivity index (χ1) is 10.8. The van der Waals surface area contributed by atoms with Gasteiger partial charge in [0, 0.05) is 40.4 Å². The molecule has 1 atom stereocenters. The van der Waals surface area contributed by atoms with E-state index in [-0.39, 0.29) is 24.0 Å². The lowest BCUT2D eigenvalue weighted by Crippen LogP contribution is -2.42. The molecule has 1 saturated heterocycles. The van der Waals surface area contributed by atoms with E-state index in [0.29, 0.717) is 19.3 Å². The third kappa shape index (κ3) is 9.07. The number of likely N-dealkylation sites (N-methyl/N-ethyl adjacent to an activating group) is 1. The van der Waals surface area contributed by atoms with Crippen LogP contribution >= 0.6 is 24.0 Å². The topological polar surface area (TPSA) is 55.3 Å². The highest BCUT2D eigenvalue weighted by Gasteiger charge is 2.21. The lowest BCUT2D eigenvalue weighted by atomic mass is 10.2. The molecule has 1 N–H and O–H groups in total. The van der Waals surface area contributed by atoms with Gasteiger partial charge in [0.25, 0.3) is 0 Å². The van der Waals surface area contributed by atoms with Crippen molar-refractivity contribution in [3.8, 4) is 0 Å². The molecule has 0 aromatic heterocycles. The number of hydrogen-bond donors (Lipinski definition) is 1. The van der Waals surface area contributed by atoms with Crippen LogP contribution in [0.3, 0.4) is 0 Å². The Morgan fingerprint density at radius 1 is 1.22 bits per heavy atom. The van der Waals surface area contributed by atoms with Crippen LogP contribution in [0.5, 0.6) is 0 Å². The normalized spacial score (nSPS) is 21.1. The van der Waals surface area contributed by atoms with Crippen molar-refractivity contribution >= 4 is 29.9 Å². The zero-order chi connectivity index (χ0) is 15.6. The minimum absolute atomic E-state index is 0. The quantitative estimate of drug-likeness (QED) is 0.242. The van der Waals surface area contributed by atoms with Crippen molar-refractivity contribution in [3.63, 3.8) is 0 Å². The van der Waals surface area contributed by atoms with Gasteiger partial charge in [-0.2, -0.15) is 0 Å². The molecule has 2 fully saturated rings. The van der Waals surface area contributed by atoms with E-state index in [1.807, 2.05) is 7.05 Å². The van der Waals surface area contributed by atoms with Crippen LogP contribution in [-0.4, -0.2) is 77.2 Å². The Bertz CT molecular complexity index is 335. The van der Waals surface area contributed by atoms with Crippen LogP contribution in [0, 0.1) is 5.92 Å². The summed E-state index contributed by atoms with van der Waals surface area (Å²) in [4.78, 5) is 6.38. The van der Waals surface area contributed by atoms with Gasteiger partial charge in [0.2, 0.25) is 0 Å². The van der Waals surface area contributed by atoms with Crippen LogP contribution in [0.1, 0.15) is 25.7 Å². The first kappa shape index (κ1) is 20.9. The summed E-state index contributed by atoms with van der Waals surface area (Å²) < 4.78 is 16.8. The highest BCUT2D eigenvalue weighted by atomic mass is 127. The molecule has 1 heterocycles. The second-order valence-corrected chi connectivity index (χ2v) is 6.12. The van der Waals surface area contributed by atoms with E-state index in [2.05, 4.69) is 15.2 Å². The Hall–Kier alpha value is -0.120. The highest BCUT2D eigenvalue weighted by molar-refractivity contribution is 14.0. The SMILES string of the molecule is CN=C(NCCOCC1CCCO1)N(C)CCOCC1CC1.I. The molecule has 2 rings (SSSR count). The summed E-state index contributed by atoms with van der Waals surface area (Å²) in [6.07, 6.45) is 5.26. The molecule has 1 aliphatic carbocycles. The number of halogens is 1. The van der Waals surface area contributed by atoms with E-state index in [9.17, 15) is 0 Å². The Morgan fingerprint density at radius 3 is 2.65 bits per heavy atom. The molecule has 6 nitrogen and oxygen atoms in total. The Labute approximate surface area is 157 Å². The minimum Gasteiger partial charge on any atom is -0.379 e. The predicted octanol–water partition coefficient (Wildman–Crippen LogP) is 1.73. The van der Waals surface area contributed by atoms with Gasteiger partial charge in [-0.25, -0.2) is 0 Å². The number of rotatable bonds is 10. The summed E-state index contributed by atoms with van der Waals surface area (Å²) >= 11 is 0. The van der Waals surface area contributed by atoms with Crippen molar-refractivity contribution in [1.29, 1.82) is 0 Å². The van der Waals surface area contributed by atoms with E-state index in [1.54, 1.807) is 7.05 Å². The summed E-state index contributed by atoms with van der Waals surface area (Å²) in [5.74, 6) is 1.71. The first-order valence-corrected chi connectivity index (χ1v) is 8.48. The minimum atomic E-state index is 0. The zero-order valence-corrected chi connectivity index (χ0v) is 16.8. The average Bonchev–Trinajstić information content (AvgIpc) is 3.21. The fourth-order valence-corrected chi connectivity index (χ4v) is 2.45. The van der Waals surface area contributed by atoms with Gasteiger partial charge >= 0.3 is 0 Å². The third-order valence-corrected chi connectivity index (χ3v) is 4.05. The Kier molecular flexibility index (Phi) is 11.2. The number of aliphatic imine (C=N–C) groups is 1. The molecule has 7 heteroatoms. The maximum absolute atomic E-state index is 5.66. The smallest absolute Gasteiger partial charge is 0.193 e.